The second-order valence-electron chi connectivity index (χ2n) is 3.73. The topological polar surface area (TPSA) is 12.9 Å². The minimum absolute atomic E-state index is 0.696. The summed E-state index contributed by atoms with van der Waals surface area (Å²) in [6, 6.07) is 0. The molecular formula is C8H11Cl2NSi. The average molecular weight is 220 g/mol. The fourth-order valence-corrected chi connectivity index (χ4v) is 4.76. The SMILES string of the molecule is C[Si](C)(C)c1c(Cl)cncc1Cl. The van der Waals surface area contributed by atoms with Crippen molar-refractivity contribution in [2.75, 3.05) is 0 Å². The molecule has 0 aliphatic rings. The van der Waals surface area contributed by atoms with Crippen molar-refractivity contribution < 1.29 is 0 Å². The van der Waals surface area contributed by atoms with Gasteiger partial charge in [0.15, 0.2) is 0 Å². The Morgan fingerprint density at radius 3 is 1.75 bits per heavy atom. The van der Waals surface area contributed by atoms with E-state index in [1.54, 1.807) is 12.4 Å². The van der Waals surface area contributed by atoms with E-state index in [1.807, 2.05) is 0 Å². The molecule has 1 nitrogen and oxygen atoms in total. The Morgan fingerprint density at radius 1 is 1.08 bits per heavy atom. The van der Waals surface area contributed by atoms with Crippen LogP contribution in [0.1, 0.15) is 0 Å². The van der Waals surface area contributed by atoms with Crippen LogP contribution in [-0.4, -0.2) is 13.1 Å². The predicted molar refractivity (Wildman–Crippen MR) is 57.2 cm³/mol. The molecule has 1 rings (SSSR count). The van der Waals surface area contributed by atoms with Crippen molar-refractivity contribution in [3.8, 4) is 0 Å². The number of nitrogens with zero attached hydrogens (tertiary/aromatic N) is 1. The van der Waals surface area contributed by atoms with E-state index in [2.05, 4.69) is 24.6 Å². The van der Waals surface area contributed by atoms with Crippen LogP contribution < -0.4 is 5.19 Å². The van der Waals surface area contributed by atoms with Crippen LogP contribution in [0.3, 0.4) is 0 Å². The van der Waals surface area contributed by atoms with Gasteiger partial charge in [0.25, 0.3) is 0 Å². The molecular weight excluding hydrogens is 209 g/mol. The molecule has 4 heteroatoms. The second-order valence-corrected chi connectivity index (χ2v) is 9.54. The lowest BCUT2D eigenvalue weighted by atomic mass is 10.5. The first kappa shape index (κ1) is 10.0. The molecule has 0 unspecified atom stereocenters. The first-order valence-corrected chi connectivity index (χ1v) is 7.98. The van der Waals surface area contributed by atoms with Gasteiger partial charge in [-0.3, -0.25) is 4.98 Å². The van der Waals surface area contributed by atoms with E-state index in [9.17, 15) is 0 Å². The molecule has 0 aliphatic carbocycles. The maximum atomic E-state index is 6.00. The minimum Gasteiger partial charge on any atom is -0.262 e. The second kappa shape index (κ2) is 3.36. The average Bonchev–Trinajstić information content (AvgIpc) is 1.82. The van der Waals surface area contributed by atoms with Gasteiger partial charge < -0.3 is 0 Å². The van der Waals surface area contributed by atoms with Crippen LogP contribution in [0.4, 0.5) is 0 Å². The summed E-state index contributed by atoms with van der Waals surface area (Å²) in [6.07, 6.45) is 3.31. The third-order valence-electron chi connectivity index (χ3n) is 1.60. The van der Waals surface area contributed by atoms with Crippen LogP contribution in [0.5, 0.6) is 0 Å². The zero-order valence-corrected chi connectivity index (χ0v) is 9.87. The molecule has 0 N–H and O–H groups in total. The Bertz CT molecular complexity index is 273. The van der Waals surface area contributed by atoms with E-state index < -0.39 is 8.07 Å². The molecule has 66 valence electrons. The van der Waals surface area contributed by atoms with Crippen molar-refractivity contribution >= 4 is 36.5 Å². The summed E-state index contributed by atoms with van der Waals surface area (Å²) >= 11 is 12.0. The number of aromatic nitrogens is 1. The van der Waals surface area contributed by atoms with Crippen molar-refractivity contribution in [2.24, 2.45) is 0 Å². The summed E-state index contributed by atoms with van der Waals surface area (Å²) in [7, 11) is -1.43. The zero-order valence-electron chi connectivity index (χ0n) is 7.36. The van der Waals surface area contributed by atoms with Crippen molar-refractivity contribution in [3.05, 3.63) is 22.4 Å². The highest BCUT2D eigenvalue weighted by molar-refractivity contribution is 6.91. The Balaban J connectivity index is 3.31. The van der Waals surface area contributed by atoms with Gasteiger partial charge in [-0.2, -0.15) is 0 Å². The first-order chi connectivity index (χ1) is 5.43. The summed E-state index contributed by atoms with van der Waals surface area (Å²) in [6.45, 7) is 6.63. The van der Waals surface area contributed by atoms with Crippen LogP contribution in [0.25, 0.3) is 0 Å². The number of hydrogen-bond donors (Lipinski definition) is 0. The summed E-state index contributed by atoms with van der Waals surface area (Å²) in [4.78, 5) is 3.92. The normalized spacial score (nSPS) is 11.8. The van der Waals surface area contributed by atoms with Crippen LogP contribution in [0.15, 0.2) is 12.4 Å². The Kier molecular flexibility index (Phi) is 2.81. The summed E-state index contributed by atoms with van der Waals surface area (Å²) in [5, 5.41) is 2.49. The van der Waals surface area contributed by atoms with Crippen molar-refractivity contribution in [1.29, 1.82) is 0 Å². The quantitative estimate of drug-likeness (QED) is 0.663. The highest BCUT2D eigenvalue weighted by atomic mass is 35.5. The molecule has 0 aliphatic heterocycles. The number of hydrogen-bond acceptors (Lipinski definition) is 1. The molecule has 0 saturated carbocycles. The Labute approximate surface area is 83.7 Å². The van der Waals surface area contributed by atoms with E-state index in [1.165, 1.54) is 0 Å². The monoisotopic (exact) mass is 219 g/mol. The molecule has 0 amide bonds. The van der Waals surface area contributed by atoms with Crippen LogP contribution >= 0.6 is 23.2 Å². The van der Waals surface area contributed by atoms with Gasteiger partial charge >= 0.3 is 0 Å². The molecule has 0 atom stereocenters. The molecule has 1 aromatic rings. The van der Waals surface area contributed by atoms with E-state index in [4.69, 9.17) is 23.2 Å². The molecule has 0 spiro atoms. The number of halogens is 2. The summed E-state index contributed by atoms with van der Waals surface area (Å²) in [5.41, 5.74) is 0. The van der Waals surface area contributed by atoms with Gasteiger partial charge in [-0.1, -0.05) is 42.8 Å². The molecule has 0 aromatic carbocycles. The largest absolute Gasteiger partial charge is 0.262 e. The standard InChI is InChI=1S/C8H11Cl2NSi/c1-12(2,3)8-6(9)4-11-5-7(8)10/h4-5H,1-3H3. The third-order valence-corrected chi connectivity index (χ3v) is 4.53. The lowest BCUT2D eigenvalue weighted by molar-refractivity contribution is 1.34. The highest BCUT2D eigenvalue weighted by Gasteiger charge is 2.22. The van der Waals surface area contributed by atoms with Crippen molar-refractivity contribution in [1.82, 2.24) is 4.98 Å². The minimum atomic E-state index is -1.43. The van der Waals surface area contributed by atoms with Crippen molar-refractivity contribution in [2.45, 2.75) is 19.6 Å². The van der Waals surface area contributed by atoms with Gasteiger partial charge in [0, 0.05) is 12.4 Å². The van der Waals surface area contributed by atoms with Crippen LogP contribution in [-0.2, 0) is 0 Å². The van der Waals surface area contributed by atoms with Gasteiger partial charge in [0.05, 0.1) is 18.1 Å². The van der Waals surface area contributed by atoms with E-state index in [-0.39, 0.29) is 0 Å². The van der Waals surface area contributed by atoms with Gasteiger partial charge in [-0.25, -0.2) is 0 Å². The number of rotatable bonds is 1. The first-order valence-electron chi connectivity index (χ1n) is 3.72. The van der Waals surface area contributed by atoms with Crippen LogP contribution in [0, 0.1) is 0 Å². The molecule has 1 heterocycles. The Hall–Kier alpha value is -0.0531. The fourth-order valence-electron chi connectivity index (χ4n) is 1.13. The lowest BCUT2D eigenvalue weighted by Crippen LogP contribution is -2.39. The van der Waals surface area contributed by atoms with Gasteiger partial charge in [0.2, 0.25) is 0 Å². The van der Waals surface area contributed by atoms with Crippen LogP contribution in [0.2, 0.25) is 29.7 Å². The number of pyridine rings is 1. The molecule has 0 bridgehead atoms. The third kappa shape index (κ3) is 2.00. The maximum absolute atomic E-state index is 6.00. The molecule has 12 heavy (non-hydrogen) atoms. The van der Waals surface area contributed by atoms with Gasteiger partial charge in [-0.15, -0.1) is 0 Å². The van der Waals surface area contributed by atoms with Crippen molar-refractivity contribution in [3.63, 3.8) is 0 Å². The van der Waals surface area contributed by atoms with E-state index >= 15 is 0 Å². The predicted octanol–water partition coefficient (Wildman–Crippen LogP) is 2.93. The summed E-state index contributed by atoms with van der Waals surface area (Å²) in [5.74, 6) is 0. The highest BCUT2D eigenvalue weighted by Crippen LogP contribution is 2.17. The van der Waals surface area contributed by atoms with E-state index in [0.29, 0.717) is 10.0 Å². The lowest BCUT2D eigenvalue weighted by Gasteiger charge is -2.19. The smallest absolute Gasteiger partial charge is 0.0816 e. The molecule has 1 aromatic heterocycles. The Morgan fingerprint density at radius 2 is 1.50 bits per heavy atom. The van der Waals surface area contributed by atoms with Gasteiger partial charge in [-0.05, 0) is 5.19 Å². The van der Waals surface area contributed by atoms with E-state index in [0.717, 1.165) is 5.19 Å². The van der Waals surface area contributed by atoms with Gasteiger partial charge in [0.1, 0.15) is 0 Å². The molecule has 0 saturated heterocycles. The summed E-state index contributed by atoms with van der Waals surface area (Å²) < 4.78 is 0. The maximum Gasteiger partial charge on any atom is 0.0816 e. The fraction of sp³-hybridized carbons (Fsp3) is 0.375. The molecule has 0 fully saturated rings. The zero-order chi connectivity index (χ0) is 9.35. The molecule has 0 radical (unpaired) electrons.